The molecule has 2 aromatic heterocycles. The second kappa shape index (κ2) is 7.38. The van der Waals surface area contributed by atoms with Crippen LogP contribution in [0.2, 0.25) is 0 Å². The van der Waals surface area contributed by atoms with Gasteiger partial charge in [0.25, 0.3) is 0 Å². The van der Waals surface area contributed by atoms with Crippen LogP contribution in [0.4, 0.5) is 10.6 Å². The van der Waals surface area contributed by atoms with E-state index in [9.17, 15) is 4.79 Å². The molecule has 0 aliphatic carbocycles. The summed E-state index contributed by atoms with van der Waals surface area (Å²) in [6.45, 7) is 3.43. The average molecular weight is 340 g/mol. The summed E-state index contributed by atoms with van der Waals surface area (Å²) in [4.78, 5) is 20.1. The highest BCUT2D eigenvalue weighted by molar-refractivity contribution is 6.06. The molecule has 3 rings (SSSR count). The molecule has 0 saturated heterocycles. The largest absolute Gasteiger partial charge is 0.382 e. The second-order valence-electron chi connectivity index (χ2n) is 6.14. The Morgan fingerprint density at radius 3 is 2.80 bits per heavy atom. The SMILES string of the molecule is CCCCc1nc2c(N)nc3ccccc3c2n1CCCNC(N)=O. The summed E-state index contributed by atoms with van der Waals surface area (Å²) in [6, 6.07) is 7.46. The van der Waals surface area contributed by atoms with Gasteiger partial charge >= 0.3 is 6.03 Å². The zero-order chi connectivity index (χ0) is 17.8. The molecule has 0 saturated carbocycles. The van der Waals surface area contributed by atoms with Gasteiger partial charge in [-0.3, -0.25) is 0 Å². The summed E-state index contributed by atoms with van der Waals surface area (Å²) in [5, 5.41) is 3.68. The van der Waals surface area contributed by atoms with E-state index in [1.54, 1.807) is 0 Å². The number of nitrogen functional groups attached to an aromatic ring is 1. The van der Waals surface area contributed by atoms with Crippen LogP contribution in [0.1, 0.15) is 32.0 Å². The summed E-state index contributed by atoms with van der Waals surface area (Å²) in [6.07, 6.45) is 3.82. The van der Waals surface area contributed by atoms with Crippen molar-refractivity contribution in [2.75, 3.05) is 12.3 Å². The van der Waals surface area contributed by atoms with Crippen LogP contribution in [0.15, 0.2) is 24.3 Å². The quantitative estimate of drug-likeness (QED) is 0.574. The Morgan fingerprint density at radius 2 is 2.04 bits per heavy atom. The molecular formula is C18H24N6O. The number of rotatable bonds is 7. The lowest BCUT2D eigenvalue weighted by Gasteiger charge is -2.11. The predicted octanol–water partition coefficient (Wildman–Crippen LogP) is 2.57. The standard InChI is InChI=1S/C18H24N6O/c1-2-3-9-14-23-15-16(24(14)11-6-10-21-18(20)25)12-7-4-5-8-13(12)22-17(15)19/h4-5,7-8H,2-3,6,9-11H2,1H3,(H2,19,22)(H3,20,21,25). The molecule has 7 nitrogen and oxygen atoms in total. The average Bonchev–Trinajstić information content (AvgIpc) is 2.96. The molecule has 0 atom stereocenters. The molecule has 7 heteroatoms. The fourth-order valence-corrected chi connectivity index (χ4v) is 3.12. The van der Waals surface area contributed by atoms with E-state index >= 15 is 0 Å². The Kier molecular flexibility index (Phi) is 5.02. The molecule has 0 aliphatic rings. The van der Waals surface area contributed by atoms with E-state index in [0.717, 1.165) is 60.0 Å². The van der Waals surface area contributed by atoms with Gasteiger partial charge in [0.15, 0.2) is 5.82 Å². The van der Waals surface area contributed by atoms with Crippen LogP contribution in [0, 0.1) is 0 Å². The highest BCUT2D eigenvalue weighted by Gasteiger charge is 2.16. The lowest BCUT2D eigenvalue weighted by atomic mass is 10.2. The summed E-state index contributed by atoms with van der Waals surface area (Å²) in [5.41, 5.74) is 14.0. The number of unbranched alkanes of at least 4 members (excludes halogenated alkanes) is 1. The minimum atomic E-state index is -0.499. The second-order valence-corrected chi connectivity index (χ2v) is 6.14. The molecule has 0 spiro atoms. The molecule has 0 radical (unpaired) electrons. The molecule has 2 amide bonds. The van der Waals surface area contributed by atoms with Gasteiger partial charge in [0.1, 0.15) is 11.3 Å². The molecule has 0 bridgehead atoms. The maximum absolute atomic E-state index is 10.9. The lowest BCUT2D eigenvalue weighted by Crippen LogP contribution is -2.30. The lowest BCUT2D eigenvalue weighted by molar-refractivity contribution is 0.248. The van der Waals surface area contributed by atoms with E-state index in [0.29, 0.717) is 12.4 Å². The number of nitrogens with zero attached hydrogens (tertiary/aromatic N) is 3. The number of aromatic nitrogens is 3. The molecule has 1 aromatic carbocycles. The van der Waals surface area contributed by atoms with Crippen molar-refractivity contribution in [3.63, 3.8) is 0 Å². The normalized spacial score (nSPS) is 11.2. The van der Waals surface area contributed by atoms with Gasteiger partial charge in [-0.15, -0.1) is 0 Å². The number of primary amides is 1. The molecule has 0 aliphatic heterocycles. The van der Waals surface area contributed by atoms with Gasteiger partial charge < -0.3 is 21.4 Å². The number of aryl methyl sites for hydroxylation is 2. The fraction of sp³-hybridized carbons (Fsp3) is 0.389. The van der Waals surface area contributed by atoms with Crippen LogP contribution >= 0.6 is 0 Å². The molecular weight excluding hydrogens is 316 g/mol. The number of benzene rings is 1. The maximum Gasteiger partial charge on any atom is 0.312 e. The van der Waals surface area contributed by atoms with Gasteiger partial charge in [-0.25, -0.2) is 14.8 Å². The van der Waals surface area contributed by atoms with E-state index in [1.807, 2.05) is 24.3 Å². The van der Waals surface area contributed by atoms with Gasteiger partial charge in [0.2, 0.25) is 0 Å². The van der Waals surface area contributed by atoms with E-state index in [1.165, 1.54) is 0 Å². The summed E-state index contributed by atoms with van der Waals surface area (Å²) in [5.74, 6) is 1.47. The Labute approximate surface area is 146 Å². The van der Waals surface area contributed by atoms with Crippen molar-refractivity contribution in [3.05, 3.63) is 30.1 Å². The number of urea groups is 1. The third-order valence-corrected chi connectivity index (χ3v) is 4.30. The van der Waals surface area contributed by atoms with Crippen molar-refractivity contribution in [2.24, 2.45) is 5.73 Å². The summed E-state index contributed by atoms with van der Waals surface area (Å²) < 4.78 is 2.22. The number of pyridine rings is 1. The number of amides is 2. The molecule has 5 N–H and O–H groups in total. The number of fused-ring (bicyclic) bond motifs is 3. The Morgan fingerprint density at radius 1 is 1.24 bits per heavy atom. The van der Waals surface area contributed by atoms with Gasteiger partial charge in [-0.1, -0.05) is 31.5 Å². The van der Waals surface area contributed by atoms with Gasteiger partial charge in [-0.05, 0) is 18.9 Å². The van der Waals surface area contributed by atoms with Crippen LogP contribution < -0.4 is 16.8 Å². The first kappa shape index (κ1) is 17.0. The van der Waals surface area contributed by atoms with Crippen molar-refractivity contribution in [3.8, 4) is 0 Å². The zero-order valence-electron chi connectivity index (χ0n) is 14.5. The van der Waals surface area contributed by atoms with Gasteiger partial charge in [0.05, 0.1) is 11.0 Å². The number of nitrogens with one attached hydrogen (secondary N) is 1. The monoisotopic (exact) mass is 340 g/mol. The fourth-order valence-electron chi connectivity index (χ4n) is 3.12. The van der Waals surface area contributed by atoms with Crippen LogP contribution in [-0.2, 0) is 13.0 Å². The predicted molar refractivity (Wildman–Crippen MR) is 100 cm³/mol. The van der Waals surface area contributed by atoms with Crippen molar-refractivity contribution in [1.29, 1.82) is 0 Å². The van der Waals surface area contributed by atoms with Crippen molar-refractivity contribution >= 4 is 33.8 Å². The first-order valence-electron chi connectivity index (χ1n) is 8.68. The van der Waals surface area contributed by atoms with Crippen LogP contribution in [0.3, 0.4) is 0 Å². The molecule has 132 valence electrons. The third kappa shape index (κ3) is 3.50. The van der Waals surface area contributed by atoms with Crippen LogP contribution in [0.5, 0.6) is 0 Å². The van der Waals surface area contributed by atoms with E-state index in [-0.39, 0.29) is 0 Å². The van der Waals surface area contributed by atoms with Gasteiger partial charge in [-0.2, -0.15) is 0 Å². The Bertz CT molecular complexity index is 901. The minimum Gasteiger partial charge on any atom is -0.382 e. The third-order valence-electron chi connectivity index (χ3n) is 4.30. The number of carbonyl (C=O) groups is 1. The first-order valence-corrected chi connectivity index (χ1v) is 8.68. The number of hydrogen-bond acceptors (Lipinski definition) is 4. The van der Waals surface area contributed by atoms with Crippen LogP contribution in [-0.4, -0.2) is 27.1 Å². The van der Waals surface area contributed by atoms with Crippen molar-refractivity contribution in [1.82, 2.24) is 19.9 Å². The topological polar surface area (TPSA) is 112 Å². The Balaban J connectivity index is 2.07. The van der Waals surface area contributed by atoms with Gasteiger partial charge in [0, 0.05) is 24.9 Å². The molecule has 2 heterocycles. The highest BCUT2D eigenvalue weighted by Crippen LogP contribution is 2.29. The first-order chi connectivity index (χ1) is 12.1. The zero-order valence-corrected chi connectivity index (χ0v) is 14.5. The number of anilines is 1. The number of nitrogens with two attached hydrogens (primary N) is 2. The number of para-hydroxylation sites is 1. The molecule has 25 heavy (non-hydrogen) atoms. The minimum absolute atomic E-state index is 0.459. The van der Waals surface area contributed by atoms with Crippen molar-refractivity contribution in [2.45, 2.75) is 39.2 Å². The molecule has 0 unspecified atom stereocenters. The molecule has 3 aromatic rings. The summed E-state index contributed by atoms with van der Waals surface area (Å²) >= 11 is 0. The number of imidazole rings is 1. The van der Waals surface area contributed by atoms with E-state index in [2.05, 4.69) is 21.8 Å². The Hall–Kier alpha value is -2.83. The smallest absolute Gasteiger partial charge is 0.312 e. The number of hydrogen-bond donors (Lipinski definition) is 3. The van der Waals surface area contributed by atoms with Crippen molar-refractivity contribution < 1.29 is 4.79 Å². The van der Waals surface area contributed by atoms with Crippen LogP contribution in [0.25, 0.3) is 21.9 Å². The van der Waals surface area contributed by atoms with E-state index in [4.69, 9.17) is 16.5 Å². The maximum atomic E-state index is 10.9. The molecule has 0 fully saturated rings. The number of carbonyl (C=O) groups excluding carboxylic acids is 1. The summed E-state index contributed by atoms with van der Waals surface area (Å²) in [7, 11) is 0. The van der Waals surface area contributed by atoms with E-state index < -0.39 is 6.03 Å². The highest BCUT2D eigenvalue weighted by atomic mass is 16.2.